The van der Waals surface area contributed by atoms with Gasteiger partial charge >= 0.3 is 0 Å². The Morgan fingerprint density at radius 1 is 1.32 bits per heavy atom. The number of rotatable bonds is 3. The Balaban J connectivity index is 1.39. The minimum absolute atomic E-state index is 0.0810. The molecule has 4 rings (SSSR count). The van der Waals surface area contributed by atoms with Crippen LogP contribution in [0.2, 0.25) is 0 Å². The zero-order valence-corrected chi connectivity index (χ0v) is 12.7. The fraction of sp³-hybridized carbons (Fsp3) is 0.600. The highest BCUT2D eigenvalue weighted by Crippen LogP contribution is 2.38. The Bertz CT molecular complexity index is 699. The number of H-pyrrole nitrogens is 1. The standard InChI is InChI=1S/C15H20N6O/c1-9-17-20-14-5-4-11(6-7-21(9)14)16-15(22)13-8-12(18-19-13)10-2-3-10/h8,10-11H,2-7H2,1H3,(H,16,22)(H,18,19). The first-order valence-electron chi connectivity index (χ1n) is 7.95. The molecule has 0 aromatic carbocycles. The van der Waals surface area contributed by atoms with Gasteiger partial charge in [-0.1, -0.05) is 0 Å². The highest BCUT2D eigenvalue weighted by molar-refractivity contribution is 5.92. The van der Waals surface area contributed by atoms with E-state index in [4.69, 9.17) is 0 Å². The van der Waals surface area contributed by atoms with Crippen molar-refractivity contribution in [1.29, 1.82) is 0 Å². The Kier molecular flexibility index (Phi) is 3.20. The minimum atomic E-state index is -0.0810. The van der Waals surface area contributed by atoms with E-state index in [0.29, 0.717) is 11.6 Å². The summed E-state index contributed by atoms with van der Waals surface area (Å²) in [6, 6.07) is 2.05. The van der Waals surface area contributed by atoms with Crippen molar-refractivity contribution in [2.45, 2.75) is 57.5 Å². The number of hydrogen-bond donors (Lipinski definition) is 2. The molecule has 1 aliphatic heterocycles. The number of hydrogen-bond acceptors (Lipinski definition) is 4. The van der Waals surface area contributed by atoms with Crippen LogP contribution in [0.25, 0.3) is 0 Å². The molecule has 0 saturated heterocycles. The highest BCUT2D eigenvalue weighted by Gasteiger charge is 2.27. The number of amides is 1. The van der Waals surface area contributed by atoms with E-state index < -0.39 is 0 Å². The van der Waals surface area contributed by atoms with E-state index in [2.05, 4.69) is 30.3 Å². The average molecular weight is 300 g/mol. The van der Waals surface area contributed by atoms with Gasteiger partial charge in [-0.2, -0.15) is 5.10 Å². The van der Waals surface area contributed by atoms with Gasteiger partial charge in [-0.15, -0.1) is 10.2 Å². The zero-order chi connectivity index (χ0) is 15.1. The van der Waals surface area contributed by atoms with Gasteiger partial charge in [0.15, 0.2) is 0 Å². The maximum Gasteiger partial charge on any atom is 0.271 e. The van der Waals surface area contributed by atoms with Gasteiger partial charge in [0.05, 0.1) is 0 Å². The number of nitrogens with one attached hydrogen (secondary N) is 2. The van der Waals surface area contributed by atoms with E-state index >= 15 is 0 Å². The molecule has 2 aliphatic rings. The molecule has 2 N–H and O–H groups in total. The fourth-order valence-corrected chi connectivity index (χ4v) is 3.09. The maximum atomic E-state index is 12.3. The lowest BCUT2D eigenvalue weighted by Gasteiger charge is -2.15. The molecule has 2 aromatic rings. The van der Waals surface area contributed by atoms with Crippen molar-refractivity contribution in [2.24, 2.45) is 0 Å². The second-order valence-electron chi connectivity index (χ2n) is 6.30. The fourth-order valence-electron chi connectivity index (χ4n) is 3.09. The zero-order valence-electron chi connectivity index (χ0n) is 12.7. The Morgan fingerprint density at radius 2 is 2.18 bits per heavy atom. The number of carbonyl (C=O) groups excluding carboxylic acids is 1. The lowest BCUT2D eigenvalue weighted by Crippen LogP contribution is -2.35. The molecule has 3 heterocycles. The van der Waals surface area contributed by atoms with E-state index in [1.165, 1.54) is 12.8 Å². The van der Waals surface area contributed by atoms with Crippen molar-refractivity contribution in [1.82, 2.24) is 30.3 Å². The van der Waals surface area contributed by atoms with Gasteiger partial charge in [0.25, 0.3) is 5.91 Å². The molecule has 116 valence electrons. The molecule has 7 heteroatoms. The summed E-state index contributed by atoms with van der Waals surface area (Å²) in [5.41, 5.74) is 1.59. The van der Waals surface area contributed by atoms with Crippen molar-refractivity contribution in [3.8, 4) is 0 Å². The molecule has 2 aromatic heterocycles. The molecular weight excluding hydrogens is 280 g/mol. The highest BCUT2D eigenvalue weighted by atomic mass is 16.2. The third kappa shape index (κ3) is 2.51. The number of carbonyl (C=O) groups is 1. The minimum Gasteiger partial charge on any atom is -0.348 e. The van der Waals surface area contributed by atoms with E-state index in [0.717, 1.165) is 43.1 Å². The first kappa shape index (κ1) is 13.5. The second-order valence-corrected chi connectivity index (χ2v) is 6.30. The number of aromatic amines is 1. The van der Waals surface area contributed by atoms with Crippen LogP contribution in [0.5, 0.6) is 0 Å². The third-order valence-corrected chi connectivity index (χ3v) is 4.61. The Hall–Kier alpha value is -2.18. The van der Waals surface area contributed by atoms with Crippen molar-refractivity contribution >= 4 is 5.91 Å². The van der Waals surface area contributed by atoms with Gasteiger partial charge in [-0.3, -0.25) is 9.89 Å². The summed E-state index contributed by atoms with van der Waals surface area (Å²) in [4.78, 5) is 12.3. The molecule has 1 aliphatic carbocycles. The van der Waals surface area contributed by atoms with Gasteiger partial charge in [-0.05, 0) is 38.7 Å². The Labute approximate surface area is 128 Å². The largest absolute Gasteiger partial charge is 0.348 e. The lowest BCUT2D eigenvalue weighted by atomic mass is 10.1. The van der Waals surface area contributed by atoms with Gasteiger partial charge < -0.3 is 9.88 Å². The van der Waals surface area contributed by atoms with E-state index in [1.807, 2.05) is 13.0 Å². The number of fused-ring (bicyclic) bond motifs is 1. The maximum absolute atomic E-state index is 12.3. The first-order valence-corrected chi connectivity index (χ1v) is 7.95. The number of aromatic nitrogens is 5. The first-order chi connectivity index (χ1) is 10.7. The van der Waals surface area contributed by atoms with Gasteiger partial charge in [-0.25, -0.2) is 0 Å². The van der Waals surface area contributed by atoms with Crippen molar-refractivity contribution in [3.63, 3.8) is 0 Å². The van der Waals surface area contributed by atoms with Crippen LogP contribution in [0.4, 0.5) is 0 Å². The summed E-state index contributed by atoms with van der Waals surface area (Å²) in [7, 11) is 0. The summed E-state index contributed by atoms with van der Waals surface area (Å²) in [6.07, 6.45) is 5.04. The van der Waals surface area contributed by atoms with Crippen LogP contribution < -0.4 is 5.32 Å². The molecule has 1 amide bonds. The van der Waals surface area contributed by atoms with Crippen molar-refractivity contribution < 1.29 is 4.79 Å². The third-order valence-electron chi connectivity index (χ3n) is 4.61. The molecule has 0 radical (unpaired) electrons. The SMILES string of the molecule is Cc1nnc2n1CCC(NC(=O)c1cc(C3CC3)[nH]n1)CC2. The molecule has 1 saturated carbocycles. The summed E-state index contributed by atoms with van der Waals surface area (Å²) in [5, 5.41) is 18.5. The molecule has 1 fully saturated rings. The van der Waals surface area contributed by atoms with Gasteiger partial charge in [0, 0.05) is 30.6 Å². The molecule has 22 heavy (non-hydrogen) atoms. The van der Waals surface area contributed by atoms with E-state index in [-0.39, 0.29) is 11.9 Å². The van der Waals surface area contributed by atoms with Crippen molar-refractivity contribution in [3.05, 3.63) is 29.1 Å². The summed E-state index contributed by atoms with van der Waals surface area (Å²) >= 11 is 0. The molecule has 7 nitrogen and oxygen atoms in total. The molecule has 1 unspecified atom stereocenters. The summed E-state index contributed by atoms with van der Waals surface area (Å²) in [5.74, 6) is 2.47. The molecule has 0 spiro atoms. The normalized spacial score (nSPS) is 21.2. The number of aryl methyl sites for hydroxylation is 2. The van der Waals surface area contributed by atoms with Gasteiger partial charge in [0.2, 0.25) is 0 Å². The topological polar surface area (TPSA) is 88.5 Å². The smallest absolute Gasteiger partial charge is 0.271 e. The van der Waals surface area contributed by atoms with Crippen LogP contribution >= 0.6 is 0 Å². The predicted octanol–water partition coefficient (Wildman–Crippen LogP) is 1.32. The van der Waals surface area contributed by atoms with Crippen LogP contribution in [0.3, 0.4) is 0 Å². The van der Waals surface area contributed by atoms with Gasteiger partial charge in [0.1, 0.15) is 17.3 Å². The van der Waals surface area contributed by atoms with Crippen molar-refractivity contribution in [2.75, 3.05) is 0 Å². The second kappa shape index (κ2) is 5.23. The summed E-state index contributed by atoms with van der Waals surface area (Å²) < 4.78 is 2.14. The lowest BCUT2D eigenvalue weighted by molar-refractivity contribution is 0.0928. The summed E-state index contributed by atoms with van der Waals surface area (Å²) in [6.45, 7) is 2.82. The average Bonchev–Trinajstić information content (AvgIpc) is 3.19. The molecule has 0 bridgehead atoms. The van der Waals surface area contributed by atoms with E-state index in [1.54, 1.807) is 0 Å². The van der Waals surface area contributed by atoms with Crippen LogP contribution in [0.1, 0.15) is 59.4 Å². The number of nitrogens with zero attached hydrogens (tertiary/aromatic N) is 4. The van der Waals surface area contributed by atoms with Crippen LogP contribution in [-0.4, -0.2) is 36.9 Å². The van der Waals surface area contributed by atoms with Crippen LogP contribution in [-0.2, 0) is 13.0 Å². The Morgan fingerprint density at radius 3 is 3.00 bits per heavy atom. The van der Waals surface area contributed by atoms with Crippen LogP contribution in [0.15, 0.2) is 6.07 Å². The van der Waals surface area contributed by atoms with Crippen LogP contribution in [0, 0.1) is 6.92 Å². The quantitative estimate of drug-likeness (QED) is 0.895. The molecule has 1 atom stereocenters. The molecular formula is C15H20N6O. The van der Waals surface area contributed by atoms with E-state index in [9.17, 15) is 4.79 Å². The monoisotopic (exact) mass is 300 g/mol. The predicted molar refractivity (Wildman–Crippen MR) is 79.5 cm³/mol.